The summed E-state index contributed by atoms with van der Waals surface area (Å²) in [5, 5.41) is 2.67. The van der Waals surface area contributed by atoms with E-state index in [0.29, 0.717) is 5.69 Å². The van der Waals surface area contributed by atoms with Crippen molar-refractivity contribution in [2.45, 2.75) is 25.1 Å². The SMILES string of the molecule is CCc1ccc(NC(=O)CN2CC(OC)(C(F)(F)F)C2)cc1. The number of nitrogens with one attached hydrogen (secondary N) is 1. The number of benzene rings is 1. The summed E-state index contributed by atoms with van der Waals surface area (Å²) in [5.41, 5.74) is -0.358. The number of ether oxygens (including phenoxy) is 1. The molecule has 1 fully saturated rings. The van der Waals surface area contributed by atoms with Gasteiger partial charge in [0.15, 0.2) is 5.60 Å². The maximum absolute atomic E-state index is 12.8. The van der Waals surface area contributed by atoms with Crippen molar-refractivity contribution in [1.82, 2.24) is 4.90 Å². The Morgan fingerprint density at radius 1 is 1.32 bits per heavy atom. The number of carbonyl (C=O) groups excluding carboxylic acids is 1. The van der Waals surface area contributed by atoms with E-state index in [4.69, 9.17) is 0 Å². The van der Waals surface area contributed by atoms with E-state index in [2.05, 4.69) is 10.1 Å². The highest BCUT2D eigenvalue weighted by molar-refractivity contribution is 5.92. The molecular formula is C15H19F3N2O2. The number of halogens is 3. The molecule has 0 aromatic heterocycles. The van der Waals surface area contributed by atoms with E-state index in [-0.39, 0.29) is 25.5 Å². The van der Waals surface area contributed by atoms with Gasteiger partial charge in [-0.15, -0.1) is 0 Å². The molecule has 1 aliphatic heterocycles. The highest BCUT2D eigenvalue weighted by Crippen LogP contribution is 2.40. The lowest BCUT2D eigenvalue weighted by Crippen LogP contribution is -2.70. The fourth-order valence-electron chi connectivity index (χ4n) is 2.44. The first-order chi connectivity index (χ1) is 10.3. The third kappa shape index (κ3) is 3.41. The Morgan fingerprint density at radius 2 is 1.91 bits per heavy atom. The van der Waals surface area contributed by atoms with Crippen molar-refractivity contribution in [1.29, 1.82) is 0 Å². The number of anilines is 1. The summed E-state index contributed by atoms with van der Waals surface area (Å²) < 4.78 is 43.1. The summed E-state index contributed by atoms with van der Waals surface area (Å²) in [5.74, 6) is -0.337. The second kappa shape index (κ2) is 6.26. The Bertz CT molecular complexity index is 523. The van der Waals surface area contributed by atoms with E-state index in [1.54, 1.807) is 12.1 Å². The van der Waals surface area contributed by atoms with E-state index >= 15 is 0 Å². The molecule has 1 amide bonds. The van der Waals surface area contributed by atoms with Gasteiger partial charge in [-0.3, -0.25) is 9.69 Å². The lowest BCUT2D eigenvalue weighted by Gasteiger charge is -2.49. The van der Waals surface area contributed by atoms with Gasteiger partial charge in [-0.1, -0.05) is 19.1 Å². The standard InChI is InChI=1S/C15H19F3N2O2/c1-3-11-4-6-12(7-5-11)19-13(21)8-20-9-14(10-20,22-2)15(16,17)18/h4-7H,3,8-10H2,1-2H3,(H,19,21). The molecule has 1 aromatic rings. The van der Waals surface area contributed by atoms with E-state index in [0.717, 1.165) is 19.1 Å². The summed E-state index contributed by atoms with van der Waals surface area (Å²) in [4.78, 5) is 13.3. The number of aryl methyl sites for hydroxylation is 1. The van der Waals surface area contributed by atoms with E-state index in [1.807, 2.05) is 19.1 Å². The quantitative estimate of drug-likeness (QED) is 0.907. The lowest BCUT2D eigenvalue weighted by molar-refractivity contribution is -0.309. The van der Waals surface area contributed by atoms with Crippen LogP contribution in [0.2, 0.25) is 0 Å². The number of amides is 1. The topological polar surface area (TPSA) is 41.6 Å². The first kappa shape index (κ1) is 16.8. The molecule has 1 N–H and O–H groups in total. The number of rotatable bonds is 5. The van der Waals surface area contributed by atoms with Crippen molar-refractivity contribution in [2.75, 3.05) is 32.1 Å². The molecule has 1 heterocycles. The molecule has 0 radical (unpaired) electrons. The summed E-state index contributed by atoms with van der Waals surface area (Å²) >= 11 is 0. The summed E-state index contributed by atoms with van der Waals surface area (Å²) in [6.07, 6.45) is -3.52. The molecule has 0 unspecified atom stereocenters. The van der Waals surface area contributed by atoms with Crippen molar-refractivity contribution in [2.24, 2.45) is 0 Å². The predicted octanol–water partition coefficient (Wildman–Crippen LogP) is 2.45. The van der Waals surface area contributed by atoms with Gasteiger partial charge in [-0.2, -0.15) is 13.2 Å². The predicted molar refractivity (Wildman–Crippen MR) is 76.7 cm³/mol. The molecule has 1 aliphatic rings. The fraction of sp³-hybridized carbons (Fsp3) is 0.533. The third-order valence-electron chi connectivity index (χ3n) is 3.88. The molecule has 1 saturated heterocycles. The minimum atomic E-state index is -4.43. The maximum Gasteiger partial charge on any atom is 0.419 e. The minimum absolute atomic E-state index is 0.0866. The van der Waals surface area contributed by atoms with Crippen LogP contribution in [-0.2, 0) is 16.0 Å². The molecule has 4 nitrogen and oxygen atoms in total. The lowest BCUT2D eigenvalue weighted by atomic mass is 9.93. The van der Waals surface area contributed by atoms with Gasteiger partial charge in [-0.25, -0.2) is 0 Å². The van der Waals surface area contributed by atoms with Crippen molar-refractivity contribution in [3.63, 3.8) is 0 Å². The van der Waals surface area contributed by atoms with Gasteiger partial charge in [0, 0.05) is 25.9 Å². The zero-order chi connectivity index (χ0) is 16.4. The van der Waals surface area contributed by atoms with Gasteiger partial charge in [0.2, 0.25) is 5.91 Å². The van der Waals surface area contributed by atoms with Gasteiger partial charge in [-0.05, 0) is 24.1 Å². The Hall–Kier alpha value is -1.60. The van der Waals surface area contributed by atoms with Gasteiger partial charge >= 0.3 is 6.18 Å². The highest BCUT2D eigenvalue weighted by atomic mass is 19.4. The second-order valence-electron chi connectivity index (χ2n) is 5.44. The molecule has 2 rings (SSSR count). The number of hydrogen-bond acceptors (Lipinski definition) is 3. The maximum atomic E-state index is 12.8. The van der Waals surface area contributed by atoms with Crippen LogP contribution in [0.15, 0.2) is 24.3 Å². The molecule has 7 heteroatoms. The zero-order valence-electron chi connectivity index (χ0n) is 12.5. The first-order valence-corrected chi connectivity index (χ1v) is 7.02. The number of nitrogens with zero attached hydrogens (tertiary/aromatic N) is 1. The zero-order valence-corrected chi connectivity index (χ0v) is 12.5. The van der Waals surface area contributed by atoms with E-state index < -0.39 is 11.8 Å². The molecule has 122 valence electrons. The molecule has 0 aliphatic carbocycles. The Morgan fingerprint density at radius 3 is 2.36 bits per heavy atom. The number of likely N-dealkylation sites (tertiary alicyclic amines) is 1. The average molecular weight is 316 g/mol. The van der Waals surface area contributed by atoms with Crippen molar-refractivity contribution in [3.8, 4) is 0 Å². The number of alkyl halides is 3. The summed E-state index contributed by atoms with van der Waals surface area (Å²) in [6, 6.07) is 7.36. The smallest absolute Gasteiger partial charge is 0.366 e. The Labute approximate surface area is 127 Å². The van der Waals surface area contributed by atoms with Crippen LogP contribution in [0.25, 0.3) is 0 Å². The minimum Gasteiger partial charge on any atom is -0.366 e. The molecule has 22 heavy (non-hydrogen) atoms. The van der Waals surface area contributed by atoms with Crippen molar-refractivity contribution >= 4 is 11.6 Å². The van der Waals surface area contributed by atoms with Crippen LogP contribution in [0.1, 0.15) is 12.5 Å². The molecule has 1 aromatic carbocycles. The second-order valence-corrected chi connectivity index (χ2v) is 5.44. The van der Waals surface area contributed by atoms with Crippen LogP contribution in [-0.4, -0.2) is 49.3 Å². The van der Waals surface area contributed by atoms with Crippen LogP contribution in [0.3, 0.4) is 0 Å². The molecule has 0 saturated carbocycles. The van der Waals surface area contributed by atoms with Crippen molar-refractivity contribution < 1.29 is 22.7 Å². The first-order valence-electron chi connectivity index (χ1n) is 7.02. The number of methoxy groups -OCH3 is 1. The summed E-state index contributed by atoms with van der Waals surface area (Å²) in [7, 11) is 1.04. The molecule has 0 atom stereocenters. The van der Waals surface area contributed by atoms with E-state index in [9.17, 15) is 18.0 Å². The molecule has 0 bridgehead atoms. The Balaban J connectivity index is 1.84. The largest absolute Gasteiger partial charge is 0.419 e. The van der Waals surface area contributed by atoms with Gasteiger partial charge < -0.3 is 10.1 Å². The van der Waals surface area contributed by atoms with Gasteiger partial charge in [0.25, 0.3) is 0 Å². The van der Waals surface area contributed by atoms with Crippen LogP contribution in [0.4, 0.5) is 18.9 Å². The summed E-state index contributed by atoms with van der Waals surface area (Å²) in [6.45, 7) is 1.29. The van der Waals surface area contributed by atoms with Gasteiger partial charge in [0.05, 0.1) is 6.54 Å². The highest BCUT2D eigenvalue weighted by Gasteiger charge is 2.62. The normalized spacial score (nSPS) is 17.9. The number of hydrogen-bond donors (Lipinski definition) is 1. The molecule has 0 spiro atoms. The average Bonchev–Trinajstić information content (AvgIpc) is 2.41. The van der Waals surface area contributed by atoms with Crippen LogP contribution < -0.4 is 5.32 Å². The Kier molecular flexibility index (Phi) is 4.77. The fourth-order valence-corrected chi connectivity index (χ4v) is 2.44. The van der Waals surface area contributed by atoms with Crippen LogP contribution in [0.5, 0.6) is 0 Å². The van der Waals surface area contributed by atoms with E-state index in [1.165, 1.54) is 4.90 Å². The van der Waals surface area contributed by atoms with Gasteiger partial charge in [0.1, 0.15) is 0 Å². The number of carbonyl (C=O) groups is 1. The van der Waals surface area contributed by atoms with Crippen LogP contribution >= 0.6 is 0 Å². The van der Waals surface area contributed by atoms with Crippen LogP contribution in [0, 0.1) is 0 Å². The molecular weight excluding hydrogens is 297 g/mol. The monoisotopic (exact) mass is 316 g/mol. The third-order valence-corrected chi connectivity index (χ3v) is 3.88. The van der Waals surface area contributed by atoms with Crippen molar-refractivity contribution in [3.05, 3.63) is 29.8 Å².